The van der Waals surface area contributed by atoms with E-state index in [9.17, 15) is 14.9 Å². The molecule has 0 unspecified atom stereocenters. The molecule has 5 atom stereocenters. The monoisotopic (exact) mass is 583 g/mol. The molecule has 4 aromatic rings. The van der Waals surface area contributed by atoms with Gasteiger partial charge >= 0.3 is 5.97 Å². The van der Waals surface area contributed by atoms with E-state index < -0.39 is 41.6 Å². The molecule has 1 saturated heterocycles. The molecule has 9 nitrogen and oxygen atoms in total. The van der Waals surface area contributed by atoms with Gasteiger partial charge in [-0.05, 0) is 35.7 Å². The SMILES string of the molecule is C[C@@H]1O[C@H](OC(=O)c2ccc([N+](=O)[O-])cc2)[C@@H](OCc2ccccc2)[C@H](OCc2ccccc2)[C@@H]1OCc1ccccc1. The molecule has 9 heteroatoms. The molecule has 0 bridgehead atoms. The molecule has 1 aliphatic rings. The molecule has 1 heterocycles. The molecule has 4 aromatic carbocycles. The fraction of sp³-hybridized carbons (Fsp3) is 0.265. The number of ether oxygens (including phenoxy) is 5. The van der Waals surface area contributed by atoms with Gasteiger partial charge in [0.25, 0.3) is 5.69 Å². The average Bonchev–Trinajstić information content (AvgIpc) is 3.04. The maximum atomic E-state index is 13.2. The lowest BCUT2D eigenvalue weighted by molar-refractivity contribution is -0.384. The van der Waals surface area contributed by atoms with Crippen molar-refractivity contribution in [3.8, 4) is 0 Å². The molecule has 0 radical (unpaired) electrons. The highest BCUT2D eigenvalue weighted by Gasteiger charge is 2.48. The number of hydrogen-bond donors (Lipinski definition) is 0. The van der Waals surface area contributed by atoms with Crippen LogP contribution in [-0.4, -0.2) is 41.6 Å². The number of benzene rings is 4. The van der Waals surface area contributed by atoms with E-state index in [2.05, 4.69) is 0 Å². The lowest BCUT2D eigenvalue weighted by Crippen LogP contribution is -2.60. The minimum absolute atomic E-state index is 0.129. The topological polar surface area (TPSA) is 106 Å². The van der Waals surface area contributed by atoms with Gasteiger partial charge in [-0.25, -0.2) is 4.79 Å². The molecule has 1 fully saturated rings. The highest BCUT2D eigenvalue weighted by Crippen LogP contribution is 2.31. The summed E-state index contributed by atoms with van der Waals surface area (Å²) in [6.45, 7) is 2.65. The summed E-state index contributed by atoms with van der Waals surface area (Å²) < 4.78 is 31.4. The zero-order valence-corrected chi connectivity index (χ0v) is 23.7. The summed E-state index contributed by atoms with van der Waals surface area (Å²) >= 11 is 0. The minimum atomic E-state index is -1.14. The van der Waals surface area contributed by atoms with Gasteiger partial charge < -0.3 is 23.7 Å². The van der Waals surface area contributed by atoms with Crippen LogP contribution in [0.1, 0.15) is 34.0 Å². The number of non-ortho nitro benzene ring substituents is 1. The highest BCUT2D eigenvalue weighted by atomic mass is 16.7. The first-order chi connectivity index (χ1) is 21.0. The number of esters is 1. The summed E-state index contributed by atoms with van der Waals surface area (Å²) in [6.07, 6.45) is -3.76. The average molecular weight is 584 g/mol. The fourth-order valence-electron chi connectivity index (χ4n) is 4.86. The van der Waals surface area contributed by atoms with E-state index in [1.54, 1.807) is 0 Å². The quantitative estimate of drug-likeness (QED) is 0.109. The Labute approximate surface area is 250 Å². The van der Waals surface area contributed by atoms with E-state index in [1.807, 2.05) is 97.9 Å². The van der Waals surface area contributed by atoms with Gasteiger partial charge in [-0.15, -0.1) is 0 Å². The Bertz CT molecular complexity index is 1450. The van der Waals surface area contributed by atoms with Gasteiger partial charge in [0.05, 0.1) is 36.4 Å². The Morgan fingerprint density at radius 2 is 1.12 bits per heavy atom. The molecule has 222 valence electrons. The molecular weight excluding hydrogens is 550 g/mol. The van der Waals surface area contributed by atoms with Crippen LogP contribution in [0.25, 0.3) is 0 Å². The van der Waals surface area contributed by atoms with Crippen molar-refractivity contribution in [3.05, 3.63) is 148 Å². The first kappa shape index (κ1) is 30.1. The second kappa shape index (κ2) is 14.7. The highest BCUT2D eigenvalue weighted by molar-refractivity contribution is 5.89. The van der Waals surface area contributed by atoms with Crippen LogP contribution in [0, 0.1) is 10.1 Å². The van der Waals surface area contributed by atoms with Crippen molar-refractivity contribution in [2.75, 3.05) is 0 Å². The third-order valence-corrected chi connectivity index (χ3v) is 7.12. The first-order valence-electron chi connectivity index (χ1n) is 14.1. The van der Waals surface area contributed by atoms with Crippen LogP contribution >= 0.6 is 0 Å². The van der Waals surface area contributed by atoms with Crippen LogP contribution in [0.4, 0.5) is 5.69 Å². The number of nitro groups is 1. The molecule has 5 rings (SSSR count). The lowest BCUT2D eigenvalue weighted by Gasteiger charge is -2.44. The Balaban J connectivity index is 1.41. The van der Waals surface area contributed by atoms with Crippen LogP contribution in [0.3, 0.4) is 0 Å². The van der Waals surface area contributed by atoms with E-state index in [1.165, 1.54) is 24.3 Å². The number of nitrogens with zero attached hydrogens (tertiary/aromatic N) is 1. The zero-order chi connectivity index (χ0) is 30.0. The van der Waals surface area contributed by atoms with Gasteiger partial charge in [-0.1, -0.05) is 91.0 Å². The molecule has 0 N–H and O–H groups in total. The number of rotatable bonds is 12. The third kappa shape index (κ3) is 8.12. The number of nitro benzene ring substituents is 1. The van der Waals surface area contributed by atoms with E-state index in [-0.39, 0.29) is 24.5 Å². The Kier molecular flexibility index (Phi) is 10.2. The van der Waals surface area contributed by atoms with E-state index in [0.29, 0.717) is 6.61 Å². The second-order valence-corrected chi connectivity index (χ2v) is 10.2. The number of carbonyl (C=O) groups excluding carboxylic acids is 1. The summed E-state index contributed by atoms with van der Waals surface area (Å²) in [5.74, 6) is -0.703. The fourth-order valence-corrected chi connectivity index (χ4v) is 4.86. The van der Waals surface area contributed by atoms with Crippen LogP contribution in [0.15, 0.2) is 115 Å². The van der Waals surface area contributed by atoms with Crippen molar-refractivity contribution >= 4 is 11.7 Å². The Morgan fingerprint density at radius 1 is 0.674 bits per heavy atom. The van der Waals surface area contributed by atoms with Gasteiger partial charge in [-0.3, -0.25) is 10.1 Å². The summed E-state index contributed by atoms with van der Waals surface area (Å²) in [6, 6.07) is 34.4. The van der Waals surface area contributed by atoms with Crippen molar-refractivity contribution in [3.63, 3.8) is 0 Å². The maximum Gasteiger partial charge on any atom is 0.340 e. The largest absolute Gasteiger partial charge is 0.429 e. The van der Waals surface area contributed by atoms with Crippen molar-refractivity contribution in [2.45, 2.75) is 57.5 Å². The van der Waals surface area contributed by atoms with Crippen molar-refractivity contribution in [2.24, 2.45) is 0 Å². The third-order valence-electron chi connectivity index (χ3n) is 7.12. The maximum absolute atomic E-state index is 13.2. The van der Waals surface area contributed by atoms with Crippen LogP contribution in [0.2, 0.25) is 0 Å². The first-order valence-corrected chi connectivity index (χ1v) is 14.1. The summed E-state index contributed by atoms with van der Waals surface area (Å²) in [5.41, 5.74) is 2.89. The molecule has 43 heavy (non-hydrogen) atoms. The summed E-state index contributed by atoms with van der Waals surface area (Å²) in [5, 5.41) is 11.1. The van der Waals surface area contributed by atoms with Gasteiger partial charge in [0.15, 0.2) is 0 Å². The molecule has 0 aromatic heterocycles. The molecule has 1 aliphatic heterocycles. The minimum Gasteiger partial charge on any atom is -0.429 e. The molecule has 0 saturated carbocycles. The Morgan fingerprint density at radius 3 is 1.58 bits per heavy atom. The molecule has 0 amide bonds. The molecule has 0 spiro atoms. The van der Waals surface area contributed by atoms with E-state index in [0.717, 1.165) is 16.7 Å². The summed E-state index contributed by atoms with van der Waals surface area (Å²) in [7, 11) is 0. The van der Waals surface area contributed by atoms with Gasteiger partial charge in [0.2, 0.25) is 6.29 Å². The van der Waals surface area contributed by atoms with Crippen molar-refractivity contribution in [1.82, 2.24) is 0 Å². The second-order valence-electron chi connectivity index (χ2n) is 10.2. The van der Waals surface area contributed by atoms with Gasteiger partial charge in [0.1, 0.15) is 18.3 Å². The smallest absolute Gasteiger partial charge is 0.340 e. The zero-order valence-electron chi connectivity index (χ0n) is 23.7. The molecule has 0 aliphatic carbocycles. The lowest BCUT2D eigenvalue weighted by atomic mass is 9.98. The van der Waals surface area contributed by atoms with Gasteiger partial charge in [0, 0.05) is 12.1 Å². The van der Waals surface area contributed by atoms with Crippen molar-refractivity contribution in [1.29, 1.82) is 0 Å². The number of hydrogen-bond acceptors (Lipinski definition) is 8. The van der Waals surface area contributed by atoms with Crippen LogP contribution in [-0.2, 0) is 43.5 Å². The van der Waals surface area contributed by atoms with Crippen molar-refractivity contribution < 1.29 is 33.4 Å². The number of carbonyl (C=O) groups is 1. The predicted octanol–water partition coefficient (Wildman–Crippen LogP) is 6.25. The molecular formula is C34H33NO8. The van der Waals surface area contributed by atoms with Gasteiger partial charge in [-0.2, -0.15) is 0 Å². The van der Waals surface area contributed by atoms with E-state index in [4.69, 9.17) is 23.7 Å². The van der Waals surface area contributed by atoms with E-state index >= 15 is 0 Å². The Hall–Kier alpha value is -4.41. The van der Waals surface area contributed by atoms with Crippen LogP contribution < -0.4 is 0 Å². The van der Waals surface area contributed by atoms with Crippen LogP contribution in [0.5, 0.6) is 0 Å². The summed E-state index contributed by atoms with van der Waals surface area (Å²) in [4.78, 5) is 23.7. The normalized spacial score (nSPS) is 21.7. The predicted molar refractivity (Wildman–Crippen MR) is 158 cm³/mol. The standard InChI is InChI=1S/C34H33NO8/c1-24-30(39-21-25-11-5-2-6-12-25)31(40-22-26-13-7-3-8-14-26)32(41-23-27-15-9-4-10-16-27)34(42-24)43-33(36)28-17-19-29(20-18-28)35(37)38/h2-20,24,30-32,34H,21-23H2,1H3/t24-,30+,31+,32-,34+/m0/s1.